The summed E-state index contributed by atoms with van der Waals surface area (Å²) in [6.07, 6.45) is 0. The predicted molar refractivity (Wildman–Crippen MR) is 61.2 cm³/mol. The molecule has 1 rings (SSSR count). The third-order valence-electron chi connectivity index (χ3n) is 1.73. The van der Waals surface area contributed by atoms with E-state index in [4.69, 9.17) is 9.47 Å². The number of anilines is 1. The summed E-state index contributed by atoms with van der Waals surface area (Å²) >= 11 is 3.33. The molecular weight excluding hydrogens is 262 g/mol. The van der Waals surface area contributed by atoms with Gasteiger partial charge in [-0.25, -0.2) is 0 Å². The minimum absolute atomic E-state index is 0.0401. The van der Waals surface area contributed by atoms with Crippen molar-refractivity contribution in [1.29, 1.82) is 0 Å². The number of carbonyl (C=O) groups excluding carboxylic acids is 1. The number of halogens is 1. The van der Waals surface area contributed by atoms with Gasteiger partial charge in [-0.1, -0.05) is 0 Å². The van der Waals surface area contributed by atoms with E-state index in [0.29, 0.717) is 5.69 Å². The van der Waals surface area contributed by atoms with Crippen molar-refractivity contribution in [3.63, 3.8) is 0 Å². The van der Waals surface area contributed by atoms with E-state index in [2.05, 4.69) is 21.2 Å². The lowest BCUT2D eigenvalue weighted by molar-refractivity contribution is -0.119. The van der Waals surface area contributed by atoms with E-state index in [0.717, 1.165) is 10.2 Å². The van der Waals surface area contributed by atoms with E-state index < -0.39 is 0 Å². The molecule has 1 amide bonds. The van der Waals surface area contributed by atoms with Crippen LogP contribution in [0, 0.1) is 0 Å². The van der Waals surface area contributed by atoms with E-state index in [1.807, 2.05) is 0 Å². The third-order valence-corrected chi connectivity index (χ3v) is 2.38. The fourth-order valence-electron chi connectivity index (χ4n) is 1.04. The Labute approximate surface area is 96.7 Å². The van der Waals surface area contributed by atoms with Crippen molar-refractivity contribution in [2.24, 2.45) is 0 Å². The fourth-order valence-corrected chi connectivity index (χ4v) is 1.50. The number of rotatable bonds is 4. The highest BCUT2D eigenvalue weighted by Gasteiger charge is 2.05. The molecule has 1 N–H and O–H groups in total. The average molecular weight is 274 g/mol. The summed E-state index contributed by atoms with van der Waals surface area (Å²) in [5.41, 5.74) is 0.692. The normalized spacial score (nSPS) is 9.80. The highest BCUT2D eigenvalue weighted by atomic mass is 79.9. The Kier molecular flexibility index (Phi) is 4.58. The summed E-state index contributed by atoms with van der Waals surface area (Å²) in [6.45, 7) is 0.0401. The van der Waals surface area contributed by atoms with Gasteiger partial charge in [0.15, 0.2) is 0 Å². The Morgan fingerprint density at radius 3 is 2.73 bits per heavy atom. The fraction of sp³-hybridized carbons (Fsp3) is 0.300. The summed E-state index contributed by atoms with van der Waals surface area (Å²) in [5.74, 6) is 0.537. The van der Waals surface area contributed by atoms with Gasteiger partial charge in [0.1, 0.15) is 12.4 Å². The number of benzene rings is 1. The Hall–Kier alpha value is -1.07. The van der Waals surface area contributed by atoms with Gasteiger partial charge < -0.3 is 14.8 Å². The van der Waals surface area contributed by atoms with Gasteiger partial charge in [0.25, 0.3) is 0 Å². The summed E-state index contributed by atoms with van der Waals surface area (Å²) in [5, 5.41) is 2.70. The molecule has 0 spiro atoms. The highest BCUT2D eigenvalue weighted by molar-refractivity contribution is 9.10. The van der Waals surface area contributed by atoms with Crippen LogP contribution in [0.2, 0.25) is 0 Å². The number of methoxy groups -OCH3 is 2. The molecule has 15 heavy (non-hydrogen) atoms. The third kappa shape index (κ3) is 3.53. The molecule has 5 heteroatoms. The van der Waals surface area contributed by atoms with Crippen molar-refractivity contribution in [2.45, 2.75) is 0 Å². The van der Waals surface area contributed by atoms with Gasteiger partial charge >= 0.3 is 0 Å². The number of ether oxygens (including phenoxy) is 2. The van der Waals surface area contributed by atoms with Gasteiger partial charge in [-0.05, 0) is 34.1 Å². The SMILES string of the molecule is COCC(=O)Nc1ccc(OC)cc1Br. The molecule has 0 aromatic heterocycles. The highest BCUT2D eigenvalue weighted by Crippen LogP contribution is 2.26. The number of nitrogens with one attached hydrogen (secondary N) is 1. The van der Waals surface area contributed by atoms with Gasteiger partial charge in [0.05, 0.1) is 12.8 Å². The molecule has 82 valence electrons. The Morgan fingerprint density at radius 2 is 2.20 bits per heavy atom. The van der Waals surface area contributed by atoms with Crippen LogP contribution in [-0.4, -0.2) is 26.7 Å². The first kappa shape index (κ1) is 12.0. The summed E-state index contributed by atoms with van der Waals surface area (Å²) in [7, 11) is 3.06. The molecule has 0 radical (unpaired) electrons. The standard InChI is InChI=1S/C10H12BrNO3/c1-14-6-10(13)12-9-4-3-7(15-2)5-8(9)11/h3-5H,6H2,1-2H3,(H,12,13). The zero-order valence-electron chi connectivity index (χ0n) is 8.54. The second-order valence-electron chi connectivity index (χ2n) is 2.83. The lowest BCUT2D eigenvalue weighted by atomic mass is 10.3. The lowest BCUT2D eigenvalue weighted by Crippen LogP contribution is -2.17. The molecule has 1 aromatic rings. The van der Waals surface area contributed by atoms with Crippen molar-refractivity contribution < 1.29 is 14.3 Å². The maximum absolute atomic E-state index is 11.2. The van der Waals surface area contributed by atoms with E-state index in [1.165, 1.54) is 7.11 Å². The van der Waals surface area contributed by atoms with Crippen LogP contribution in [-0.2, 0) is 9.53 Å². The van der Waals surface area contributed by atoms with Crippen LogP contribution >= 0.6 is 15.9 Å². The van der Waals surface area contributed by atoms with Crippen LogP contribution in [0.3, 0.4) is 0 Å². The van der Waals surface area contributed by atoms with E-state index in [-0.39, 0.29) is 12.5 Å². The monoisotopic (exact) mass is 273 g/mol. The summed E-state index contributed by atoms with van der Waals surface area (Å²) < 4.78 is 10.5. The van der Waals surface area contributed by atoms with Gasteiger partial charge in [0.2, 0.25) is 5.91 Å². The Morgan fingerprint density at radius 1 is 1.47 bits per heavy atom. The molecule has 0 aliphatic rings. The smallest absolute Gasteiger partial charge is 0.250 e. The molecule has 0 saturated carbocycles. The van der Waals surface area contributed by atoms with Crippen LogP contribution < -0.4 is 10.1 Å². The first-order chi connectivity index (χ1) is 7.17. The van der Waals surface area contributed by atoms with Crippen molar-refractivity contribution >= 4 is 27.5 Å². The van der Waals surface area contributed by atoms with Crippen LogP contribution in [0.1, 0.15) is 0 Å². The molecule has 0 atom stereocenters. The van der Waals surface area contributed by atoms with Crippen molar-refractivity contribution in [3.8, 4) is 5.75 Å². The number of hydrogen-bond acceptors (Lipinski definition) is 3. The van der Waals surface area contributed by atoms with Gasteiger partial charge in [-0.2, -0.15) is 0 Å². The maximum Gasteiger partial charge on any atom is 0.250 e. The van der Waals surface area contributed by atoms with Crippen molar-refractivity contribution in [2.75, 3.05) is 26.1 Å². The average Bonchev–Trinajstić information content (AvgIpc) is 2.21. The molecule has 0 bridgehead atoms. The van der Waals surface area contributed by atoms with Gasteiger partial charge in [-0.15, -0.1) is 0 Å². The molecule has 0 heterocycles. The first-order valence-corrected chi connectivity index (χ1v) is 5.09. The van der Waals surface area contributed by atoms with Crippen molar-refractivity contribution in [3.05, 3.63) is 22.7 Å². The van der Waals surface area contributed by atoms with E-state index in [1.54, 1.807) is 25.3 Å². The molecule has 0 saturated heterocycles. The number of amides is 1. The first-order valence-electron chi connectivity index (χ1n) is 4.29. The predicted octanol–water partition coefficient (Wildman–Crippen LogP) is 2.04. The molecule has 0 aliphatic carbocycles. The number of carbonyl (C=O) groups is 1. The molecular formula is C10H12BrNO3. The van der Waals surface area contributed by atoms with Crippen LogP contribution in [0.15, 0.2) is 22.7 Å². The molecule has 4 nitrogen and oxygen atoms in total. The minimum Gasteiger partial charge on any atom is -0.497 e. The zero-order chi connectivity index (χ0) is 11.3. The van der Waals surface area contributed by atoms with Gasteiger partial charge in [0, 0.05) is 11.6 Å². The summed E-state index contributed by atoms with van der Waals surface area (Å²) in [4.78, 5) is 11.2. The topological polar surface area (TPSA) is 47.6 Å². The minimum atomic E-state index is -0.191. The second kappa shape index (κ2) is 5.72. The molecule has 0 fully saturated rings. The second-order valence-corrected chi connectivity index (χ2v) is 3.68. The number of hydrogen-bond donors (Lipinski definition) is 1. The maximum atomic E-state index is 11.2. The molecule has 0 unspecified atom stereocenters. The Balaban J connectivity index is 2.73. The lowest BCUT2D eigenvalue weighted by Gasteiger charge is -2.08. The van der Waals surface area contributed by atoms with Crippen LogP contribution in [0.5, 0.6) is 5.75 Å². The van der Waals surface area contributed by atoms with Crippen LogP contribution in [0.4, 0.5) is 5.69 Å². The van der Waals surface area contributed by atoms with E-state index >= 15 is 0 Å². The molecule has 0 aliphatic heterocycles. The Bertz CT molecular complexity index is 355. The summed E-state index contributed by atoms with van der Waals surface area (Å²) in [6, 6.07) is 5.31. The molecule has 1 aromatic carbocycles. The largest absolute Gasteiger partial charge is 0.497 e. The van der Waals surface area contributed by atoms with Crippen LogP contribution in [0.25, 0.3) is 0 Å². The van der Waals surface area contributed by atoms with Gasteiger partial charge in [-0.3, -0.25) is 4.79 Å². The van der Waals surface area contributed by atoms with Crippen molar-refractivity contribution in [1.82, 2.24) is 0 Å². The zero-order valence-corrected chi connectivity index (χ0v) is 10.1. The van der Waals surface area contributed by atoms with E-state index in [9.17, 15) is 4.79 Å². The quantitative estimate of drug-likeness (QED) is 0.914.